The Morgan fingerprint density at radius 1 is 1.18 bits per heavy atom. The van der Waals surface area contributed by atoms with Gasteiger partial charge >= 0.3 is 11.9 Å². The van der Waals surface area contributed by atoms with Crippen LogP contribution in [0.15, 0.2) is 36.9 Å². The standard InChI is InChI=1S/C18H20O4/c1-5-6-12-18(16(19)21-3,17(20)22-4)13-14(2)15-10-8-7-9-11-15/h1,7-11H,2,6,12-13H2,3-4H3. The molecule has 0 aliphatic heterocycles. The number of hydrogen-bond donors (Lipinski definition) is 0. The van der Waals surface area contributed by atoms with Gasteiger partial charge < -0.3 is 9.47 Å². The first kappa shape index (κ1) is 17.5. The molecule has 0 radical (unpaired) electrons. The number of methoxy groups -OCH3 is 2. The van der Waals surface area contributed by atoms with Gasteiger partial charge in [0, 0.05) is 6.42 Å². The Labute approximate surface area is 131 Å². The van der Waals surface area contributed by atoms with E-state index in [1.807, 2.05) is 30.3 Å². The van der Waals surface area contributed by atoms with E-state index in [0.717, 1.165) is 5.56 Å². The van der Waals surface area contributed by atoms with Gasteiger partial charge in [0.1, 0.15) is 0 Å². The molecule has 0 bridgehead atoms. The number of carbonyl (C=O) groups excluding carboxylic acids is 2. The number of rotatable bonds is 7. The minimum Gasteiger partial charge on any atom is -0.468 e. The predicted octanol–water partition coefficient (Wildman–Crippen LogP) is 2.84. The summed E-state index contributed by atoms with van der Waals surface area (Å²) in [5, 5.41) is 0. The second-order valence-electron chi connectivity index (χ2n) is 4.92. The lowest BCUT2D eigenvalue weighted by molar-refractivity contribution is -0.169. The van der Waals surface area contributed by atoms with Gasteiger partial charge in [-0.15, -0.1) is 12.3 Å². The molecule has 0 aliphatic carbocycles. The summed E-state index contributed by atoms with van der Waals surface area (Å²) in [5.74, 6) is 1.13. The van der Waals surface area contributed by atoms with Crippen molar-refractivity contribution in [3.8, 4) is 12.3 Å². The topological polar surface area (TPSA) is 52.6 Å². The molecule has 0 saturated carbocycles. The van der Waals surface area contributed by atoms with E-state index in [-0.39, 0.29) is 19.3 Å². The van der Waals surface area contributed by atoms with Gasteiger partial charge in [-0.25, -0.2) is 0 Å². The Kier molecular flexibility index (Phi) is 6.40. The highest BCUT2D eigenvalue weighted by Crippen LogP contribution is 2.37. The number of hydrogen-bond acceptors (Lipinski definition) is 4. The number of allylic oxidation sites excluding steroid dienone is 1. The summed E-state index contributed by atoms with van der Waals surface area (Å²) in [7, 11) is 2.47. The molecule has 4 nitrogen and oxygen atoms in total. The highest BCUT2D eigenvalue weighted by atomic mass is 16.5. The van der Waals surface area contributed by atoms with Crippen molar-refractivity contribution in [2.45, 2.75) is 19.3 Å². The average molecular weight is 300 g/mol. The molecule has 1 aromatic carbocycles. The molecule has 0 aliphatic rings. The van der Waals surface area contributed by atoms with E-state index in [9.17, 15) is 9.59 Å². The molecular weight excluding hydrogens is 280 g/mol. The maximum Gasteiger partial charge on any atom is 0.323 e. The number of carbonyl (C=O) groups is 2. The second kappa shape index (κ2) is 8.04. The van der Waals surface area contributed by atoms with E-state index in [1.165, 1.54) is 14.2 Å². The first-order chi connectivity index (χ1) is 10.5. The van der Waals surface area contributed by atoms with E-state index in [1.54, 1.807) is 0 Å². The van der Waals surface area contributed by atoms with Crippen molar-refractivity contribution in [2.24, 2.45) is 5.41 Å². The molecule has 1 aromatic rings. The summed E-state index contributed by atoms with van der Waals surface area (Å²) >= 11 is 0. The first-order valence-corrected chi connectivity index (χ1v) is 6.85. The van der Waals surface area contributed by atoms with Crippen molar-refractivity contribution in [3.05, 3.63) is 42.5 Å². The van der Waals surface area contributed by atoms with Crippen LogP contribution in [0.4, 0.5) is 0 Å². The molecule has 0 heterocycles. The molecule has 4 heteroatoms. The van der Waals surface area contributed by atoms with Gasteiger partial charge in [0.15, 0.2) is 5.41 Å². The number of benzene rings is 1. The van der Waals surface area contributed by atoms with E-state index >= 15 is 0 Å². The van der Waals surface area contributed by atoms with Crippen molar-refractivity contribution >= 4 is 17.5 Å². The van der Waals surface area contributed by atoms with Crippen LogP contribution in [0, 0.1) is 17.8 Å². The maximum atomic E-state index is 12.3. The van der Waals surface area contributed by atoms with Gasteiger partial charge in [-0.1, -0.05) is 36.9 Å². The van der Waals surface area contributed by atoms with E-state index in [0.29, 0.717) is 5.57 Å². The second-order valence-corrected chi connectivity index (χ2v) is 4.92. The van der Waals surface area contributed by atoms with Crippen molar-refractivity contribution < 1.29 is 19.1 Å². The van der Waals surface area contributed by atoms with Gasteiger partial charge in [-0.05, 0) is 24.0 Å². The molecule has 1 rings (SSSR count). The van der Waals surface area contributed by atoms with Crippen molar-refractivity contribution in [1.82, 2.24) is 0 Å². The smallest absolute Gasteiger partial charge is 0.323 e. The minimum atomic E-state index is -1.47. The Hall–Kier alpha value is -2.54. The van der Waals surface area contributed by atoms with Crippen molar-refractivity contribution in [2.75, 3.05) is 14.2 Å². The summed E-state index contributed by atoms with van der Waals surface area (Å²) in [6.45, 7) is 3.98. The van der Waals surface area contributed by atoms with E-state index in [2.05, 4.69) is 12.5 Å². The van der Waals surface area contributed by atoms with Crippen LogP contribution in [-0.4, -0.2) is 26.2 Å². The summed E-state index contributed by atoms with van der Waals surface area (Å²) in [4.78, 5) is 24.5. The van der Waals surface area contributed by atoms with Gasteiger partial charge in [0.2, 0.25) is 0 Å². The fourth-order valence-corrected chi connectivity index (χ4v) is 2.34. The summed E-state index contributed by atoms with van der Waals surface area (Å²) in [6.07, 6.45) is 5.78. The van der Waals surface area contributed by atoms with Crippen LogP contribution in [0.1, 0.15) is 24.8 Å². The lowest BCUT2D eigenvalue weighted by Gasteiger charge is -2.28. The Morgan fingerprint density at radius 3 is 2.18 bits per heavy atom. The fraction of sp³-hybridized carbons (Fsp3) is 0.333. The van der Waals surface area contributed by atoms with E-state index in [4.69, 9.17) is 15.9 Å². The van der Waals surface area contributed by atoms with Crippen LogP contribution >= 0.6 is 0 Å². The Bertz CT molecular complexity index is 565. The summed E-state index contributed by atoms with van der Waals surface area (Å²) in [6, 6.07) is 9.33. The van der Waals surface area contributed by atoms with Crippen molar-refractivity contribution in [1.29, 1.82) is 0 Å². The molecule has 0 atom stereocenters. The SMILES string of the molecule is C#CCCC(CC(=C)c1ccccc1)(C(=O)OC)C(=O)OC. The minimum absolute atomic E-state index is 0.0953. The lowest BCUT2D eigenvalue weighted by Crippen LogP contribution is -2.41. The van der Waals surface area contributed by atoms with Crippen LogP contribution in [-0.2, 0) is 19.1 Å². The zero-order valence-corrected chi connectivity index (χ0v) is 12.9. The molecule has 0 amide bonds. The highest BCUT2D eigenvalue weighted by Gasteiger charge is 2.48. The molecule has 0 spiro atoms. The molecular formula is C18H20O4. The van der Waals surface area contributed by atoms with Gasteiger partial charge in [0.25, 0.3) is 0 Å². The number of ether oxygens (including phenoxy) is 2. The van der Waals surface area contributed by atoms with Crippen LogP contribution in [0.5, 0.6) is 0 Å². The average Bonchev–Trinajstić information content (AvgIpc) is 2.57. The predicted molar refractivity (Wildman–Crippen MR) is 84.6 cm³/mol. The Balaban J connectivity index is 3.18. The van der Waals surface area contributed by atoms with Gasteiger partial charge in [0.05, 0.1) is 14.2 Å². The molecule has 0 unspecified atom stereocenters. The van der Waals surface area contributed by atoms with E-state index < -0.39 is 17.4 Å². The third kappa shape index (κ3) is 3.76. The number of esters is 2. The fourth-order valence-electron chi connectivity index (χ4n) is 2.34. The first-order valence-electron chi connectivity index (χ1n) is 6.85. The third-order valence-corrected chi connectivity index (χ3v) is 3.55. The summed E-state index contributed by atoms with van der Waals surface area (Å²) < 4.78 is 9.65. The molecule has 0 N–H and O–H groups in total. The quantitative estimate of drug-likeness (QED) is 0.441. The van der Waals surface area contributed by atoms with Crippen LogP contribution < -0.4 is 0 Å². The summed E-state index contributed by atoms with van der Waals surface area (Å²) in [5.41, 5.74) is 0.0248. The molecule has 22 heavy (non-hydrogen) atoms. The lowest BCUT2D eigenvalue weighted by atomic mass is 9.76. The molecule has 0 aromatic heterocycles. The van der Waals surface area contributed by atoms with Gasteiger partial charge in [-0.3, -0.25) is 9.59 Å². The molecule has 116 valence electrons. The van der Waals surface area contributed by atoms with Crippen LogP contribution in [0.3, 0.4) is 0 Å². The Morgan fingerprint density at radius 2 is 1.73 bits per heavy atom. The normalized spacial score (nSPS) is 10.4. The van der Waals surface area contributed by atoms with Crippen LogP contribution in [0.25, 0.3) is 5.57 Å². The third-order valence-electron chi connectivity index (χ3n) is 3.55. The largest absolute Gasteiger partial charge is 0.468 e. The highest BCUT2D eigenvalue weighted by molar-refractivity contribution is 6.01. The molecule has 0 saturated heterocycles. The number of terminal acetylenes is 1. The van der Waals surface area contributed by atoms with Crippen molar-refractivity contribution in [3.63, 3.8) is 0 Å². The van der Waals surface area contributed by atoms with Gasteiger partial charge in [-0.2, -0.15) is 0 Å². The maximum absolute atomic E-state index is 12.3. The van der Waals surface area contributed by atoms with Crippen LogP contribution in [0.2, 0.25) is 0 Å². The zero-order chi connectivity index (χ0) is 16.6. The monoisotopic (exact) mass is 300 g/mol. The zero-order valence-electron chi connectivity index (χ0n) is 12.9. The molecule has 0 fully saturated rings.